The molecule has 0 aliphatic carbocycles. The zero-order valence-corrected chi connectivity index (χ0v) is 27.0. The van der Waals surface area contributed by atoms with Crippen LogP contribution in [0.5, 0.6) is 11.5 Å². The van der Waals surface area contributed by atoms with Crippen molar-refractivity contribution in [2.75, 3.05) is 0 Å². The summed E-state index contributed by atoms with van der Waals surface area (Å²) < 4.78 is 9.42. The number of fused-ring (bicyclic) bond motifs is 5. The molecule has 0 spiro atoms. The number of aryl methyl sites for hydroxylation is 2. The van der Waals surface area contributed by atoms with Gasteiger partial charge < -0.3 is 4.74 Å². The van der Waals surface area contributed by atoms with E-state index in [9.17, 15) is 0 Å². The lowest BCUT2D eigenvalue weighted by Crippen LogP contribution is -2.38. The standard InChI is InChI=1S/C37H44NOSi/c1-22(2)18-24-14-15-26-28(19-24)23(3)32-35-34-27(16-17-38(35)7)33-25(12-11-13-31(33)40(8,9)10)20-30(34)39-36(32)29(26)21-37(4,5)6/h11-17,19-20,22H,18,21H2,1-10H3/q+1. The first kappa shape index (κ1) is 27.0. The van der Waals surface area contributed by atoms with E-state index < -0.39 is 8.07 Å². The lowest BCUT2D eigenvalue weighted by Gasteiger charge is -2.29. The van der Waals surface area contributed by atoms with E-state index in [1.165, 1.54) is 65.5 Å². The van der Waals surface area contributed by atoms with Crippen LogP contribution in [0, 0.1) is 18.3 Å². The number of pyridine rings is 1. The molecule has 4 aromatic carbocycles. The SMILES string of the molecule is Cc1c2c(c(CC(C)(C)C)c3ccc(CC(C)C)cc13)Oc1cc3cccc([Si](C)(C)C)c3c3cc[n+](C)c-2c13. The summed E-state index contributed by atoms with van der Waals surface area (Å²) in [6, 6.07) is 18.6. The molecule has 0 bridgehead atoms. The molecule has 0 N–H and O–H groups in total. The third kappa shape index (κ3) is 4.34. The smallest absolute Gasteiger partial charge is 0.228 e. The number of hydrogen-bond acceptors (Lipinski definition) is 1. The van der Waals surface area contributed by atoms with E-state index in [-0.39, 0.29) is 5.41 Å². The molecule has 0 saturated heterocycles. The quantitative estimate of drug-likeness (QED) is 0.122. The fraction of sp³-hybridized carbons (Fsp3) is 0.378. The van der Waals surface area contributed by atoms with Crippen molar-refractivity contribution in [3.05, 3.63) is 71.4 Å². The normalized spacial score (nSPS) is 13.4. The van der Waals surface area contributed by atoms with Gasteiger partial charge in [0.25, 0.3) is 0 Å². The van der Waals surface area contributed by atoms with Crippen LogP contribution in [0.1, 0.15) is 51.3 Å². The summed E-state index contributed by atoms with van der Waals surface area (Å²) in [7, 11) is 0.621. The fourth-order valence-corrected chi connectivity index (χ4v) is 8.50. The van der Waals surface area contributed by atoms with Gasteiger partial charge in [-0.3, -0.25) is 0 Å². The van der Waals surface area contributed by atoms with Gasteiger partial charge in [0.05, 0.1) is 19.0 Å². The molecule has 40 heavy (non-hydrogen) atoms. The first-order chi connectivity index (χ1) is 18.7. The molecule has 0 saturated carbocycles. The van der Waals surface area contributed by atoms with Crippen molar-refractivity contribution in [3.8, 4) is 22.8 Å². The topological polar surface area (TPSA) is 13.1 Å². The van der Waals surface area contributed by atoms with Crippen LogP contribution in [0.4, 0.5) is 0 Å². The van der Waals surface area contributed by atoms with Gasteiger partial charge in [-0.15, -0.1) is 0 Å². The zero-order valence-electron chi connectivity index (χ0n) is 26.0. The molecule has 2 heterocycles. The van der Waals surface area contributed by atoms with Crippen molar-refractivity contribution in [2.45, 2.75) is 74.0 Å². The van der Waals surface area contributed by atoms with Crippen LogP contribution in [-0.4, -0.2) is 8.07 Å². The Hall–Kier alpha value is -3.17. The van der Waals surface area contributed by atoms with Gasteiger partial charge in [-0.25, -0.2) is 4.57 Å². The highest BCUT2D eigenvalue weighted by Crippen LogP contribution is 2.52. The second kappa shape index (κ2) is 9.17. The number of ether oxygens (including phenoxy) is 1. The van der Waals surface area contributed by atoms with Gasteiger partial charge in [-0.05, 0) is 69.8 Å². The Balaban J connectivity index is 1.78. The highest BCUT2D eigenvalue weighted by Gasteiger charge is 2.35. The van der Waals surface area contributed by atoms with Gasteiger partial charge in [-0.2, -0.15) is 0 Å². The average Bonchev–Trinajstić information content (AvgIpc) is 2.85. The van der Waals surface area contributed by atoms with Crippen molar-refractivity contribution in [1.82, 2.24) is 0 Å². The molecule has 5 aromatic rings. The van der Waals surface area contributed by atoms with Gasteiger partial charge >= 0.3 is 0 Å². The number of nitrogens with zero attached hydrogens (tertiary/aromatic N) is 1. The molecular formula is C37H44NOSi+. The monoisotopic (exact) mass is 546 g/mol. The third-order valence-electron chi connectivity index (χ3n) is 8.52. The maximum Gasteiger partial charge on any atom is 0.228 e. The van der Waals surface area contributed by atoms with Crippen LogP contribution in [-0.2, 0) is 19.9 Å². The summed E-state index contributed by atoms with van der Waals surface area (Å²) in [5.74, 6) is 2.66. The Morgan fingerprint density at radius 3 is 2.33 bits per heavy atom. The van der Waals surface area contributed by atoms with E-state index in [0.717, 1.165) is 24.3 Å². The van der Waals surface area contributed by atoms with E-state index in [0.29, 0.717) is 5.92 Å². The van der Waals surface area contributed by atoms with E-state index in [1.54, 1.807) is 0 Å². The molecule has 0 unspecified atom stereocenters. The molecule has 0 amide bonds. The summed E-state index contributed by atoms with van der Waals surface area (Å²) in [6.45, 7) is 21.3. The number of benzene rings is 4. The Kier molecular flexibility index (Phi) is 6.20. The Morgan fingerprint density at radius 1 is 0.900 bits per heavy atom. The van der Waals surface area contributed by atoms with Gasteiger partial charge in [-0.1, -0.05) is 95.8 Å². The average molecular weight is 547 g/mol. The van der Waals surface area contributed by atoms with Crippen molar-refractivity contribution in [3.63, 3.8) is 0 Å². The maximum atomic E-state index is 7.10. The van der Waals surface area contributed by atoms with Crippen LogP contribution in [0.25, 0.3) is 43.6 Å². The molecule has 0 radical (unpaired) electrons. The number of aromatic nitrogens is 1. The van der Waals surface area contributed by atoms with E-state index >= 15 is 0 Å². The third-order valence-corrected chi connectivity index (χ3v) is 10.6. The second-order valence-corrected chi connectivity index (χ2v) is 19.8. The Labute approximate surface area is 241 Å². The van der Waals surface area contributed by atoms with Crippen LogP contribution >= 0.6 is 0 Å². The molecule has 0 atom stereocenters. The maximum absolute atomic E-state index is 7.10. The van der Waals surface area contributed by atoms with Crippen molar-refractivity contribution in [2.24, 2.45) is 18.4 Å². The zero-order chi connectivity index (χ0) is 28.7. The first-order valence-corrected chi connectivity index (χ1v) is 18.4. The number of rotatable bonds is 4. The van der Waals surface area contributed by atoms with Gasteiger partial charge in [0.2, 0.25) is 5.69 Å². The van der Waals surface area contributed by atoms with Crippen LogP contribution in [0.15, 0.2) is 54.7 Å². The summed E-state index contributed by atoms with van der Waals surface area (Å²) in [5.41, 5.74) is 6.74. The molecule has 1 aliphatic heterocycles. The minimum Gasteiger partial charge on any atom is -0.455 e. The van der Waals surface area contributed by atoms with Crippen molar-refractivity contribution >= 4 is 45.6 Å². The summed E-state index contributed by atoms with van der Waals surface area (Å²) in [4.78, 5) is 0. The van der Waals surface area contributed by atoms with Gasteiger partial charge in [0.15, 0.2) is 6.20 Å². The summed E-state index contributed by atoms with van der Waals surface area (Å²) >= 11 is 0. The molecule has 2 nitrogen and oxygen atoms in total. The molecular weight excluding hydrogens is 502 g/mol. The predicted molar refractivity (Wildman–Crippen MR) is 175 cm³/mol. The second-order valence-electron chi connectivity index (χ2n) is 14.7. The minimum absolute atomic E-state index is 0.125. The highest BCUT2D eigenvalue weighted by atomic mass is 28.3. The van der Waals surface area contributed by atoms with E-state index in [4.69, 9.17) is 4.74 Å². The lowest BCUT2D eigenvalue weighted by molar-refractivity contribution is -0.659. The van der Waals surface area contributed by atoms with Gasteiger partial charge in [0, 0.05) is 17.0 Å². The molecule has 1 aliphatic rings. The molecule has 6 rings (SSSR count). The molecule has 206 valence electrons. The largest absolute Gasteiger partial charge is 0.455 e. The fourth-order valence-electron chi connectivity index (χ4n) is 6.87. The van der Waals surface area contributed by atoms with Crippen molar-refractivity contribution < 1.29 is 9.30 Å². The molecule has 3 heteroatoms. The Bertz CT molecular complexity index is 1830. The number of hydrogen-bond donors (Lipinski definition) is 0. The summed E-state index contributed by atoms with van der Waals surface area (Å²) in [5, 5.41) is 9.46. The van der Waals surface area contributed by atoms with Crippen LogP contribution in [0.3, 0.4) is 0 Å². The minimum atomic E-state index is -1.58. The molecule has 0 fully saturated rings. The van der Waals surface area contributed by atoms with Crippen LogP contribution in [0.2, 0.25) is 19.6 Å². The van der Waals surface area contributed by atoms with Crippen molar-refractivity contribution in [1.29, 1.82) is 0 Å². The van der Waals surface area contributed by atoms with E-state index in [1.807, 2.05) is 0 Å². The predicted octanol–water partition coefficient (Wildman–Crippen LogP) is 9.38. The van der Waals surface area contributed by atoms with Crippen LogP contribution < -0.4 is 14.5 Å². The van der Waals surface area contributed by atoms with E-state index in [2.05, 4.69) is 128 Å². The first-order valence-electron chi connectivity index (χ1n) is 14.9. The lowest BCUT2D eigenvalue weighted by atomic mass is 9.81. The Morgan fingerprint density at radius 2 is 1.65 bits per heavy atom. The van der Waals surface area contributed by atoms with Gasteiger partial charge in [0.1, 0.15) is 18.5 Å². The molecule has 1 aromatic heterocycles. The highest BCUT2D eigenvalue weighted by molar-refractivity contribution is 6.90. The summed E-state index contributed by atoms with van der Waals surface area (Å²) in [6.07, 6.45) is 4.31.